The summed E-state index contributed by atoms with van der Waals surface area (Å²) >= 11 is 9.06. The van der Waals surface area contributed by atoms with Gasteiger partial charge in [-0.05, 0) is 47.9 Å². The number of nitrogens with one attached hydrogen (secondary N) is 1. The van der Waals surface area contributed by atoms with Gasteiger partial charge in [0.25, 0.3) is 0 Å². The molecule has 4 nitrogen and oxygen atoms in total. The van der Waals surface area contributed by atoms with Crippen LogP contribution < -0.4 is 5.32 Å². The topological polar surface area (TPSA) is 55.4 Å². The molecule has 0 aliphatic heterocycles. The minimum Gasteiger partial charge on any atom is -0.469 e. The molecule has 134 valence electrons. The second-order valence-corrected chi connectivity index (χ2v) is 7.91. The molecule has 0 bridgehead atoms. The number of benzene rings is 1. The molecule has 1 aromatic heterocycles. The third-order valence-corrected chi connectivity index (χ3v) is 5.79. The lowest BCUT2D eigenvalue weighted by Crippen LogP contribution is -2.29. The zero-order valence-electron chi connectivity index (χ0n) is 13.9. The van der Waals surface area contributed by atoms with Crippen LogP contribution in [-0.4, -0.2) is 24.7 Å². The summed E-state index contributed by atoms with van der Waals surface area (Å²) in [5.74, 6) is 0.450. The highest BCUT2D eigenvalue weighted by Crippen LogP contribution is 2.24. The fraction of sp³-hybridized carbons (Fsp3) is 0.333. The van der Waals surface area contributed by atoms with E-state index in [0.29, 0.717) is 11.4 Å². The van der Waals surface area contributed by atoms with Crippen LogP contribution in [0.15, 0.2) is 46.7 Å². The number of hydrogen-bond acceptors (Lipinski definition) is 5. The highest BCUT2D eigenvalue weighted by molar-refractivity contribution is 7.99. The van der Waals surface area contributed by atoms with Gasteiger partial charge in [0.15, 0.2) is 0 Å². The standard InChI is InChI=1S/C18H20ClNO3S2/c1-23-18(22)12-15(16-4-2-11-25-16)20-17(21)5-3-10-24-14-8-6-13(19)7-9-14/h2,4,6-9,11,15H,3,5,10,12H2,1H3,(H,20,21). The van der Waals surface area contributed by atoms with E-state index in [4.69, 9.17) is 16.3 Å². The molecular weight excluding hydrogens is 378 g/mol. The van der Waals surface area contributed by atoms with Crippen molar-refractivity contribution in [3.63, 3.8) is 0 Å². The van der Waals surface area contributed by atoms with Crippen LogP contribution in [0.4, 0.5) is 0 Å². The normalized spacial score (nSPS) is 11.8. The molecular formula is C18H20ClNO3S2. The van der Waals surface area contributed by atoms with E-state index in [2.05, 4.69) is 5.32 Å². The van der Waals surface area contributed by atoms with E-state index in [0.717, 1.165) is 21.9 Å². The number of thioether (sulfide) groups is 1. The van der Waals surface area contributed by atoms with Crippen molar-refractivity contribution in [3.8, 4) is 0 Å². The predicted octanol–water partition coefficient (Wildman–Crippen LogP) is 4.69. The van der Waals surface area contributed by atoms with E-state index < -0.39 is 0 Å². The molecule has 1 aromatic carbocycles. The van der Waals surface area contributed by atoms with Gasteiger partial charge >= 0.3 is 5.97 Å². The second-order valence-electron chi connectivity index (χ2n) is 5.32. The predicted molar refractivity (Wildman–Crippen MR) is 103 cm³/mol. The van der Waals surface area contributed by atoms with Crippen LogP contribution >= 0.6 is 34.7 Å². The van der Waals surface area contributed by atoms with Crippen molar-refractivity contribution in [1.82, 2.24) is 5.32 Å². The quantitative estimate of drug-likeness (QED) is 0.378. The fourth-order valence-corrected chi connectivity index (χ4v) is 3.94. The molecule has 0 aliphatic rings. The van der Waals surface area contributed by atoms with Gasteiger partial charge in [-0.25, -0.2) is 0 Å². The number of carbonyl (C=O) groups is 2. The number of ether oxygens (including phenoxy) is 1. The SMILES string of the molecule is COC(=O)CC(NC(=O)CCCSc1ccc(Cl)cc1)c1cccs1. The molecule has 0 spiro atoms. The maximum Gasteiger partial charge on any atom is 0.307 e. The lowest BCUT2D eigenvalue weighted by molar-refractivity contribution is -0.141. The first kappa shape index (κ1) is 19.8. The van der Waals surface area contributed by atoms with E-state index >= 15 is 0 Å². The van der Waals surface area contributed by atoms with Crippen LogP contribution in [0.3, 0.4) is 0 Å². The first-order chi connectivity index (χ1) is 12.1. The Kier molecular flexibility index (Phi) is 8.31. The van der Waals surface area contributed by atoms with Crippen LogP contribution in [0.2, 0.25) is 5.02 Å². The molecule has 1 N–H and O–H groups in total. The van der Waals surface area contributed by atoms with E-state index in [1.54, 1.807) is 11.8 Å². The first-order valence-corrected chi connectivity index (χ1v) is 10.1. The monoisotopic (exact) mass is 397 g/mol. The Morgan fingerprint density at radius 3 is 2.68 bits per heavy atom. The fourth-order valence-electron chi connectivity index (χ4n) is 2.18. The van der Waals surface area contributed by atoms with Gasteiger partial charge in [0.2, 0.25) is 5.91 Å². The summed E-state index contributed by atoms with van der Waals surface area (Å²) in [5.41, 5.74) is 0. The molecule has 2 aromatic rings. The van der Waals surface area contributed by atoms with Crippen molar-refractivity contribution in [2.45, 2.75) is 30.2 Å². The number of esters is 1. The second kappa shape index (κ2) is 10.5. The van der Waals surface area contributed by atoms with E-state index in [-0.39, 0.29) is 24.3 Å². The van der Waals surface area contributed by atoms with Crippen LogP contribution in [-0.2, 0) is 14.3 Å². The van der Waals surface area contributed by atoms with Crippen molar-refractivity contribution in [1.29, 1.82) is 0 Å². The van der Waals surface area contributed by atoms with E-state index in [1.807, 2.05) is 41.8 Å². The highest BCUT2D eigenvalue weighted by atomic mass is 35.5. The van der Waals surface area contributed by atoms with Crippen molar-refractivity contribution in [2.75, 3.05) is 12.9 Å². The summed E-state index contributed by atoms with van der Waals surface area (Å²) in [5, 5.41) is 5.58. The number of halogens is 1. The lowest BCUT2D eigenvalue weighted by atomic mass is 10.1. The summed E-state index contributed by atoms with van der Waals surface area (Å²) < 4.78 is 4.72. The average Bonchev–Trinajstić information content (AvgIpc) is 3.14. The lowest BCUT2D eigenvalue weighted by Gasteiger charge is -2.16. The summed E-state index contributed by atoms with van der Waals surface area (Å²) in [6, 6.07) is 11.1. The summed E-state index contributed by atoms with van der Waals surface area (Å²) in [6.45, 7) is 0. The Labute approximate surface area is 160 Å². The molecule has 0 radical (unpaired) electrons. The average molecular weight is 398 g/mol. The highest BCUT2D eigenvalue weighted by Gasteiger charge is 2.19. The maximum absolute atomic E-state index is 12.2. The summed E-state index contributed by atoms with van der Waals surface area (Å²) in [7, 11) is 1.35. The van der Waals surface area contributed by atoms with Gasteiger partial charge in [-0.15, -0.1) is 23.1 Å². The Bertz CT molecular complexity index is 674. The van der Waals surface area contributed by atoms with Crippen LogP contribution in [0.1, 0.15) is 30.2 Å². The number of methoxy groups -OCH3 is 1. The molecule has 0 fully saturated rings. The third kappa shape index (κ3) is 7.10. The summed E-state index contributed by atoms with van der Waals surface area (Å²) in [6.07, 6.45) is 1.32. The molecule has 7 heteroatoms. The first-order valence-electron chi connectivity index (χ1n) is 7.86. The van der Waals surface area contributed by atoms with Gasteiger partial charge in [0, 0.05) is 21.2 Å². The number of rotatable bonds is 9. The molecule has 0 saturated carbocycles. The molecule has 1 amide bonds. The molecule has 1 atom stereocenters. The molecule has 0 saturated heterocycles. The molecule has 1 heterocycles. The van der Waals surface area contributed by atoms with Gasteiger partial charge in [-0.1, -0.05) is 17.7 Å². The van der Waals surface area contributed by atoms with Crippen LogP contribution in [0.25, 0.3) is 0 Å². The Balaban J connectivity index is 1.76. The minimum atomic E-state index is -0.336. The molecule has 0 aliphatic carbocycles. The Hall–Kier alpha value is -1.50. The van der Waals surface area contributed by atoms with Gasteiger partial charge in [-0.3, -0.25) is 9.59 Å². The largest absolute Gasteiger partial charge is 0.469 e. The summed E-state index contributed by atoms with van der Waals surface area (Å²) in [4.78, 5) is 25.8. The van der Waals surface area contributed by atoms with Crippen molar-refractivity contribution < 1.29 is 14.3 Å². The Morgan fingerprint density at radius 2 is 2.04 bits per heavy atom. The van der Waals surface area contributed by atoms with Crippen LogP contribution in [0, 0.1) is 0 Å². The zero-order valence-corrected chi connectivity index (χ0v) is 16.3. The smallest absolute Gasteiger partial charge is 0.307 e. The maximum atomic E-state index is 12.2. The van der Waals surface area contributed by atoms with Crippen molar-refractivity contribution in [2.24, 2.45) is 0 Å². The number of hydrogen-bond donors (Lipinski definition) is 1. The van der Waals surface area contributed by atoms with E-state index in [1.165, 1.54) is 18.4 Å². The molecule has 1 unspecified atom stereocenters. The third-order valence-electron chi connectivity index (χ3n) is 3.45. The van der Waals surface area contributed by atoms with E-state index in [9.17, 15) is 9.59 Å². The number of amides is 1. The van der Waals surface area contributed by atoms with Crippen molar-refractivity contribution >= 4 is 46.6 Å². The van der Waals surface area contributed by atoms with Gasteiger partial charge in [0.05, 0.1) is 19.6 Å². The molecule has 25 heavy (non-hydrogen) atoms. The minimum absolute atomic E-state index is 0.0565. The van der Waals surface area contributed by atoms with Gasteiger partial charge < -0.3 is 10.1 Å². The Morgan fingerprint density at radius 1 is 1.28 bits per heavy atom. The molecule has 2 rings (SSSR count). The zero-order chi connectivity index (χ0) is 18.1. The van der Waals surface area contributed by atoms with Gasteiger partial charge in [0.1, 0.15) is 0 Å². The number of carbonyl (C=O) groups excluding carboxylic acids is 2. The van der Waals surface area contributed by atoms with Crippen molar-refractivity contribution in [3.05, 3.63) is 51.7 Å². The van der Waals surface area contributed by atoms with Gasteiger partial charge in [-0.2, -0.15) is 0 Å². The van der Waals surface area contributed by atoms with Crippen LogP contribution in [0.5, 0.6) is 0 Å². The number of thiophene rings is 1.